The number of rotatable bonds is 7. The van der Waals surface area contributed by atoms with Crippen molar-refractivity contribution < 1.29 is 13.2 Å². The Bertz CT molecular complexity index is 598. The highest BCUT2D eigenvalue weighted by Crippen LogP contribution is 2.11. The van der Waals surface area contributed by atoms with Crippen LogP contribution in [-0.4, -0.2) is 45.9 Å². The number of nitrogens with two attached hydrogens (primary N) is 1. The van der Waals surface area contributed by atoms with Gasteiger partial charge in [-0.1, -0.05) is 18.2 Å². The summed E-state index contributed by atoms with van der Waals surface area (Å²) < 4.78 is 31.9. The van der Waals surface area contributed by atoms with Crippen LogP contribution in [0.1, 0.15) is 19.3 Å². The third-order valence-electron chi connectivity index (χ3n) is 3.49. The number of nitrogens with zero attached hydrogens (tertiary/aromatic N) is 1. The monoisotopic (exact) mass is 340 g/mol. The maximum absolute atomic E-state index is 11.9. The summed E-state index contributed by atoms with van der Waals surface area (Å²) in [7, 11) is -3.37. The molecule has 128 valence electrons. The van der Waals surface area contributed by atoms with Gasteiger partial charge in [-0.15, -0.1) is 0 Å². The van der Waals surface area contributed by atoms with Crippen molar-refractivity contribution in [3.05, 3.63) is 30.3 Å². The molecule has 1 aliphatic heterocycles. The van der Waals surface area contributed by atoms with Gasteiger partial charge < -0.3 is 15.8 Å². The third kappa shape index (κ3) is 6.98. The molecule has 0 aliphatic carbocycles. The predicted octanol–water partition coefficient (Wildman–Crippen LogP) is 0.902. The summed E-state index contributed by atoms with van der Waals surface area (Å²) in [6.07, 6.45) is 3.00. The van der Waals surface area contributed by atoms with Gasteiger partial charge in [-0.25, -0.2) is 13.1 Å². The van der Waals surface area contributed by atoms with Crippen LogP contribution in [0.25, 0.3) is 0 Å². The van der Waals surface area contributed by atoms with Gasteiger partial charge in [0.2, 0.25) is 10.0 Å². The second-order valence-corrected chi connectivity index (χ2v) is 7.34. The van der Waals surface area contributed by atoms with Crippen LogP contribution in [0.3, 0.4) is 0 Å². The SMILES string of the molecule is NC(=NCCS(=O)(=O)NCC1CCCCO1)Nc1ccccc1. The molecule has 0 spiro atoms. The number of para-hydroxylation sites is 1. The highest BCUT2D eigenvalue weighted by Gasteiger charge is 2.17. The number of hydrogen-bond acceptors (Lipinski definition) is 4. The normalized spacial score (nSPS) is 19.5. The van der Waals surface area contributed by atoms with E-state index in [0.29, 0.717) is 13.2 Å². The number of ether oxygens (including phenoxy) is 1. The lowest BCUT2D eigenvalue weighted by molar-refractivity contribution is 0.0200. The molecular formula is C15H24N4O3S. The zero-order chi connectivity index (χ0) is 16.5. The first-order valence-electron chi connectivity index (χ1n) is 7.76. The van der Waals surface area contributed by atoms with Crippen LogP contribution in [0.2, 0.25) is 0 Å². The van der Waals surface area contributed by atoms with Gasteiger partial charge in [0.15, 0.2) is 5.96 Å². The molecule has 0 amide bonds. The van der Waals surface area contributed by atoms with Gasteiger partial charge in [0.25, 0.3) is 0 Å². The molecule has 0 bridgehead atoms. The zero-order valence-electron chi connectivity index (χ0n) is 13.1. The Kier molecular flexibility index (Phi) is 6.82. The van der Waals surface area contributed by atoms with Crippen LogP contribution in [0, 0.1) is 0 Å². The van der Waals surface area contributed by atoms with E-state index in [1.165, 1.54) is 0 Å². The van der Waals surface area contributed by atoms with E-state index in [1.54, 1.807) is 0 Å². The first-order chi connectivity index (χ1) is 11.1. The number of hydrogen-bond donors (Lipinski definition) is 3. The number of guanidine groups is 1. The molecule has 8 heteroatoms. The van der Waals surface area contributed by atoms with Crippen LogP contribution in [0.4, 0.5) is 5.69 Å². The number of sulfonamides is 1. The molecule has 4 N–H and O–H groups in total. The molecule has 23 heavy (non-hydrogen) atoms. The molecule has 1 saturated heterocycles. The van der Waals surface area contributed by atoms with Gasteiger partial charge in [0.05, 0.1) is 18.4 Å². The van der Waals surface area contributed by atoms with Crippen LogP contribution in [-0.2, 0) is 14.8 Å². The van der Waals surface area contributed by atoms with Gasteiger partial charge >= 0.3 is 0 Å². The fraction of sp³-hybridized carbons (Fsp3) is 0.533. The molecule has 0 aromatic heterocycles. The fourth-order valence-corrected chi connectivity index (χ4v) is 3.17. The molecule has 1 fully saturated rings. The average molecular weight is 340 g/mol. The van der Waals surface area contributed by atoms with Crippen LogP contribution in [0.5, 0.6) is 0 Å². The lowest BCUT2D eigenvalue weighted by atomic mass is 10.1. The van der Waals surface area contributed by atoms with Gasteiger partial charge in [0.1, 0.15) is 0 Å². The Balaban J connectivity index is 1.71. The van der Waals surface area contributed by atoms with Crippen LogP contribution < -0.4 is 15.8 Å². The summed E-state index contributed by atoms with van der Waals surface area (Å²) in [5.41, 5.74) is 6.54. The quantitative estimate of drug-likeness (QED) is 0.505. The Labute approximate surface area is 137 Å². The summed E-state index contributed by atoms with van der Waals surface area (Å²) in [5, 5.41) is 2.90. The number of anilines is 1. The molecule has 1 aromatic carbocycles. The highest BCUT2D eigenvalue weighted by molar-refractivity contribution is 7.89. The van der Waals surface area contributed by atoms with E-state index in [4.69, 9.17) is 10.5 Å². The van der Waals surface area contributed by atoms with E-state index in [0.717, 1.165) is 24.9 Å². The van der Waals surface area contributed by atoms with Crippen molar-refractivity contribution in [1.29, 1.82) is 0 Å². The van der Waals surface area contributed by atoms with E-state index in [1.807, 2.05) is 30.3 Å². The summed E-state index contributed by atoms with van der Waals surface area (Å²) in [4.78, 5) is 4.03. The molecule has 2 rings (SSSR count). The van der Waals surface area contributed by atoms with Gasteiger partial charge in [-0.3, -0.25) is 4.99 Å². The predicted molar refractivity (Wildman–Crippen MR) is 91.9 cm³/mol. The molecule has 1 atom stereocenters. The van der Waals surface area contributed by atoms with Crippen molar-refractivity contribution in [2.45, 2.75) is 25.4 Å². The van der Waals surface area contributed by atoms with Gasteiger partial charge in [0, 0.05) is 18.8 Å². The summed E-state index contributed by atoms with van der Waals surface area (Å²) in [5.74, 6) is 0.0960. The van der Waals surface area contributed by atoms with Crippen molar-refractivity contribution in [3.8, 4) is 0 Å². The Morgan fingerprint density at radius 2 is 2.09 bits per heavy atom. The van der Waals surface area contributed by atoms with Crippen molar-refractivity contribution in [1.82, 2.24) is 4.72 Å². The minimum Gasteiger partial charge on any atom is -0.377 e. The highest BCUT2D eigenvalue weighted by atomic mass is 32.2. The average Bonchev–Trinajstić information content (AvgIpc) is 2.55. The third-order valence-corrected chi connectivity index (χ3v) is 4.82. The summed E-state index contributed by atoms with van der Waals surface area (Å²) in [6, 6.07) is 9.34. The van der Waals surface area contributed by atoms with Gasteiger partial charge in [-0.05, 0) is 31.4 Å². The maximum Gasteiger partial charge on any atom is 0.213 e. The minimum atomic E-state index is -3.37. The molecule has 1 aromatic rings. The van der Waals surface area contributed by atoms with E-state index in [9.17, 15) is 8.42 Å². The van der Waals surface area contributed by atoms with E-state index >= 15 is 0 Å². The Hall–Kier alpha value is -1.64. The largest absolute Gasteiger partial charge is 0.377 e. The Morgan fingerprint density at radius 3 is 2.78 bits per heavy atom. The summed E-state index contributed by atoms with van der Waals surface area (Å²) >= 11 is 0. The molecule has 7 nitrogen and oxygen atoms in total. The minimum absolute atomic E-state index is 0.0214. The maximum atomic E-state index is 11.9. The van der Waals surface area contributed by atoms with Crippen LogP contribution >= 0.6 is 0 Å². The number of aliphatic imine (C=N–C) groups is 1. The zero-order valence-corrected chi connectivity index (χ0v) is 13.9. The lowest BCUT2D eigenvalue weighted by Crippen LogP contribution is -2.37. The van der Waals surface area contributed by atoms with Crippen molar-refractivity contribution in [3.63, 3.8) is 0 Å². The second kappa shape index (κ2) is 8.85. The molecule has 0 radical (unpaired) electrons. The van der Waals surface area contributed by atoms with Crippen molar-refractivity contribution >= 4 is 21.7 Å². The first kappa shape index (κ1) is 17.7. The lowest BCUT2D eigenvalue weighted by Gasteiger charge is -2.22. The summed E-state index contributed by atoms with van der Waals surface area (Å²) in [6.45, 7) is 1.13. The van der Waals surface area contributed by atoms with Crippen molar-refractivity contribution in [2.75, 3.05) is 30.8 Å². The fourth-order valence-electron chi connectivity index (χ4n) is 2.26. The first-order valence-corrected chi connectivity index (χ1v) is 9.41. The molecule has 1 unspecified atom stereocenters. The topological polar surface area (TPSA) is 106 Å². The van der Waals surface area contributed by atoms with E-state index in [2.05, 4.69) is 15.0 Å². The number of benzene rings is 1. The smallest absolute Gasteiger partial charge is 0.213 e. The number of nitrogens with one attached hydrogen (secondary N) is 2. The molecule has 0 saturated carbocycles. The molecule has 1 heterocycles. The van der Waals surface area contributed by atoms with E-state index < -0.39 is 10.0 Å². The van der Waals surface area contributed by atoms with Gasteiger partial charge in [-0.2, -0.15) is 0 Å². The second-order valence-electron chi connectivity index (χ2n) is 5.41. The molecular weight excluding hydrogens is 316 g/mol. The Morgan fingerprint density at radius 1 is 1.30 bits per heavy atom. The van der Waals surface area contributed by atoms with Crippen molar-refractivity contribution in [2.24, 2.45) is 10.7 Å². The van der Waals surface area contributed by atoms with Crippen LogP contribution in [0.15, 0.2) is 35.3 Å². The standard InChI is InChI=1S/C15H24N4O3S/c16-15(19-13-6-2-1-3-7-13)17-9-11-23(20,21)18-12-14-8-4-5-10-22-14/h1-3,6-7,14,18H,4-5,8-12H2,(H3,16,17,19). The molecule has 1 aliphatic rings. The van der Waals surface area contributed by atoms with E-state index in [-0.39, 0.29) is 24.4 Å².